The van der Waals surface area contributed by atoms with Crippen molar-refractivity contribution in [2.75, 3.05) is 60.4 Å². The van der Waals surface area contributed by atoms with Crippen LogP contribution >= 0.6 is 0 Å². The van der Waals surface area contributed by atoms with Gasteiger partial charge in [-0.1, -0.05) is 0 Å². The van der Waals surface area contributed by atoms with E-state index in [-0.39, 0.29) is 24.5 Å². The van der Waals surface area contributed by atoms with E-state index in [4.69, 9.17) is 23.7 Å². The Kier molecular flexibility index (Phi) is 6.19. The summed E-state index contributed by atoms with van der Waals surface area (Å²) < 4.78 is 27.3. The molecule has 0 N–H and O–H groups in total. The maximum atomic E-state index is 13.6. The second-order valence-corrected chi connectivity index (χ2v) is 8.54. The molecule has 180 valence electrons. The molecular formula is C25H28N2O7. The summed E-state index contributed by atoms with van der Waals surface area (Å²) in [6.45, 7) is 2.98. The Morgan fingerprint density at radius 3 is 2.47 bits per heavy atom. The van der Waals surface area contributed by atoms with Crippen LogP contribution in [0, 0.1) is 5.92 Å². The number of morpholine rings is 1. The summed E-state index contributed by atoms with van der Waals surface area (Å²) in [5.41, 5.74) is 1.36. The number of hydrogen-bond donors (Lipinski definition) is 0. The van der Waals surface area contributed by atoms with Crippen LogP contribution in [0.4, 0.5) is 0 Å². The van der Waals surface area contributed by atoms with Gasteiger partial charge in [-0.15, -0.1) is 0 Å². The fourth-order valence-corrected chi connectivity index (χ4v) is 4.89. The first kappa shape index (κ1) is 22.3. The molecule has 0 bridgehead atoms. The second kappa shape index (κ2) is 9.42. The number of methoxy groups -OCH3 is 2. The molecule has 2 atom stereocenters. The predicted molar refractivity (Wildman–Crippen MR) is 122 cm³/mol. The molecule has 2 amide bonds. The Hall–Kier alpha value is -3.46. The molecule has 2 aromatic carbocycles. The van der Waals surface area contributed by atoms with E-state index in [9.17, 15) is 9.59 Å². The molecule has 3 aliphatic rings. The summed E-state index contributed by atoms with van der Waals surface area (Å²) >= 11 is 0. The minimum Gasteiger partial charge on any atom is -0.497 e. The van der Waals surface area contributed by atoms with Crippen LogP contribution in [-0.2, 0) is 9.53 Å². The maximum Gasteiger partial charge on any atom is 0.254 e. The van der Waals surface area contributed by atoms with Crippen molar-refractivity contribution in [3.63, 3.8) is 0 Å². The standard InChI is InChI=1S/C25H28N2O7/c1-30-17-4-6-21(31-2)18(12-17)19-13-27(14-20(19)25(29)26-7-9-32-10-8-26)24(28)16-3-5-22-23(11-16)34-15-33-22/h3-6,11-12,19-20H,7-10,13-15H2,1-2H3. The molecule has 0 saturated carbocycles. The highest BCUT2D eigenvalue weighted by Crippen LogP contribution is 2.41. The van der Waals surface area contributed by atoms with Gasteiger partial charge in [-0.05, 0) is 36.4 Å². The van der Waals surface area contributed by atoms with Crippen LogP contribution in [0.5, 0.6) is 23.0 Å². The largest absolute Gasteiger partial charge is 0.497 e. The minimum absolute atomic E-state index is 0.0270. The van der Waals surface area contributed by atoms with Gasteiger partial charge in [0.25, 0.3) is 5.91 Å². The fraction of sp³-hybridized carbons (Fsp3) is 0.440. The predicted octanol–water partition coefficient (Wildman–Crippen LogP) is 2.15. The zero-order chi connectivity index (χ0) is 23.7. The molecule has 0 aliphatic carbocycles. The molecule has 2 unspecified atom stereocenters. The SMILES string of the molecule is COc1ccc(OC)c(C2CN(C(=O)c3ccc4c(c3)OCO4)CC2C(=O)N2CCOCC2)c1. The number of hydrogen-bond acceptors (Lipinski definition) is 7. The van der Waals surface area contributed by atoms with E-state index >= 15 is 0 Å². The Bertz CT molecular complexity index is 1080. The zero-order valence-corrected chi connectivity index (χ0v) is 19.3. The van der Waals surface area contributed by atoms with Crippen molar-refractivity contribution in [2.45, 2.75) is 5.92 Å². The van der Waals surface area contributed by atoms with Gasteiger partial charge < -0.3 is 33.5 Å². The van der Waals surface area contributed by atoms with Gasteiger partial charge >= 0.3 is 0 Å². The molecule has 2 aromatic rings. The van der Waals surface area contributed by atoms with Crippen LogP contribution < -0.4 is 18.9 Å². The summed E-state index contributed by atoms with van der Waals surface area (Å²) in [5, 5.41) is 0. The highest BCUT2D eigenvalue weighted by molar-refractivity contribution is 5.96. The Labute approximate surface area is 198 Å². The summed E-state index contributed by atoms with van der Waals surface area (Å²) in [4.78, 5) is 30.7. The normalized spacial score (nSPS) is 21.5. The van der Waals surface area contributed by atoms with Crippen molar-refractivity contribution in [3.05, 3.63) is 47.5 Å². The lowest BCUT2D eigenvalue weighted by atomic mass is 9.87. The van der Waals surface area contributed by atoms with Gasteiger partial charge in [0.1, 0.15) is 11.5 Å². The number of carbonyl (C=O) groups excluding carboxylic acids is 2. The molecule has 3 aliphatic heterocycles. The summed E-state index contributed by atoms with van der Waals surface area (Å²) in [6.07, 6.45) is 0. The summed E-state index contributed by atoms with van der Waals surface area (Å²) in [5.74, 6) is 1.75. The number of nitrogens with zero attached hydrogens (tertiary/aromatic N) is 2. The van der Waals surface area contributed by atoms with Crippen LogP contribution in [-0.4, -0.2) is 82.0 Å². The number of benzene rings is 2. The number of amides is 2. The molecule has 34 heavy (non-hydrogen) atoms. The van der Waals surface area contributed by atoms with Gasteiger partial charge in [0.2, 0.25) is 12.7 Å². The highest BCUT2D eigenvalue weighted by Gasteiger charge is 2.43. The number of fused-ring (bicyclic) bond motifs is 1. The van der Waals surface area contributed by atoms with E-state index in [1.54, 1.807) is 37.3 Å². The van der Waals surface area contributed by atoms with Crippen LogP contribution in [0.1, 0.15) is 21.8 Å². The average Bonchev–Trinajstić information content (AvgIpc) is 3.55. The van der Waals surface area contributed by atoms with E-state index in [0.29, 0.717) is 68.0 Å². The van der Waals surface area contributed by atoms with E-state index in [0.717, 1.165) is 5.56 Å². The summed E-state index contributed by atoms with van der Waals surface area (Å²) in [7, 11) is 3.21. The first-order valence-corrected chi connectivity index (χ1v) is 11.4. The van der Waals surface area contributed by atoms with Crippen LogP contribution in [0.25, 0.3) is 0 Å². The third kappa shape index (κ3) is 4.11. The molecule has 0 spiro atoms. The highest BCUT2D eigenvalue weighted by atomic mass is 16.7. The van der Waals surface area contributed by atoms with E-state index < -0.39 is 5.92 Å². The Morgan fingerprint density at radius 1 is 0.912 bits per heavy atom. The lowest BCUT2D eigenvalue weighted by Crippen LogP contribution is -2.45. The van der Waals surface area contributed by atoms with E-state index in [1.807, 2.05) is 23.1 Å². The molecule has 5 rings (SSSR count). The van der Waals surface area contributed by atoms with Crippen molar-refractivity contribution in [2.24, 2.45) is 5.92 Å². The molecule has 9 nitrogen and oxygen atoms in total. The Balaban J connectivity index is 1.47. The lowest BCUT2D eigenvalue weighted by molar-refractivity contribution is -0.139. The third-order valence-corrected chi connectivity index (χ3v) is 6.70. The number of rotatable bonds is 5. The fourth-order valence-electron chi connectivity index (χ4n) is 4.89. The van der Waals surface area contributed by atoms with Crippen molar-refractivity contribution >= 4 is 11.8 Å². The zero-order valence-electron chi connectivity index (χ0n) is 19.3. The van der Waals surface area contributed by atoms with Crippen LogP contribution in [0.15, 0.2) is 36.4 Å². The lowest BCUT2D eigenvalue weighted by Gasteiger charge is -2.31. The van der Waals surface area contributed by atoms with Crippen LogP contribution in [0.2, 0.25) is 0 Å². The topological polar surface area (TPSA) is 86.8 Å². The van der Waals surface area contributed by atoms with Gasteiger partial charge in [-0.25, -0.2) is 0 Å². The van der Waals surface area contributed by atoms with E-state index in [2.05, 4.69) is 0 Å². The number of likely N-dealkylation sites (tertiary alicyclic amines) is 1. The molecule has 2 saturated heterocycles. The monoisotopic (exact) mass is 468 g/mol. The van der Waals surface area contributed by atoms with Gasteiger partial charge in [0.05, 0.1) is 33.4 Å². The van der Waals surface area contributed by atoms with Gasteiger partial charge in [0, 0.05) is 43.2 Å². The molecule has 0 aromatic heterocycles. The van der Waals surface area contributed by atoms with Crippen molar-refractivity contribution in [3.8, 4) is 23.0 Å². The van der Waals surface area contributed by atoms with Crippen molar-refractivity contribution in [1.82, 2.24) is 9.80 Å². The Morgan fingerprint density at radius 2 is 1.71 bits per heavy atom. The molecule has 0 radical (unpaired) electrons. The van der Waals surface area contributed by atoms with Crippen LogP contribution in [0.3, 0.4) is 0 Å². The first-order chi connectivity index (χ1) is 16.6. The van der Waals surface area contributed by atoms with Crippen molar-refractivity contribution < 1.29 is 33.3 Å². The van der Waals surface area contributed by atoms with E-state index in [1.165, 1.54) is 0 Å². The second-order valence-electron chi connectivity index (χ2n) is 8.54. The summed E-state index contributed by atoms with van der Waals surface area (Å²) in [6, 6.07) is 10.7. The molecule has 3 heterocycles. The maximum absolute atomic E-state index is 13.6. The van der Waals surface area contributed by atoms with Gasteiger partial charge in [-0.2, -0.15) is 0 Å². The molecule has 9 heteroatoms. The third-order valence-electron chi connectivity index (χ3n) is 6.70. The quantitative estimate of drug-likeness (QED) is 0.665. The minimum atomic E-state index is -0.405. The first-order valence-electron chi connectivity index (χ1n) is 11.4. The molecular weight excluding hydrogens is 440 g/mol. The number of carbonyl (C=O) groups is 2. The van der Waals surface area contributed by atoms with Gasteiger partial charge in [-0.3, -0.25) is 9.59 Å². The number of ether oxygens (including phenoxy) is 5. The molecule has 2 fully saturated rings. The van der Waals surface area contributed by atoms with Gasteiger partial charge in [0.15, 0.2) is 11.5 Å². The van der Waals surface area contributed by atoms with Crippen molar-refractivity contribution in [1.29, 1.82) is 0 Å². The average molecular weight is 469 g/mol. The smallest absolute Gasteiger partial charge is 0.254 e.